The van der Waals surface area contributed by atoms with Gasteiger partial charge in [-0.25, -0.2) is 0 Å². The van der Waals surface area contributed by atoms with Crippen molar-refractivity contribution in [2.45, 2.75) is 52.4 Å². The highest BCUT2D eigenvalue weighted by atomic mass is 15.2. The fourth-order valence-corrected chi connectivity index (χ4v) is 3.53. The first kappa shape index (κ1) is 13.4. The van der Waals surface area contributed by atoms with Gasteiger partial charge in [0.1, 0.15) is 0 Å². The highest BCUT2D eigenvalue weighted by Crippen LogP contribution is 2.40. The molecule has 2 fully saturated rings. The van der Waals surface area contributed by atoms with Crippen LogP contribution in [0.25, 0.3) is 0 Å². The summed E-state index contributed by atoms with van der Waals surface area (Å²) in [5, 5.41) is 0. The minimum atomic E-state index is 0.733. The van der Waals surface area contributed by atoms with Gasteiger partial charge in [-0.15, -0.1) is 0 Å². The molecular weight excluding hydrogens is 208 g/mol. The Kier molecular flexibility index (Phi) is 4.87. The first-order chi connectivity index (χ1) is 8.28. The predicted molar refractivity (Wildman–Crippen MR) is 74.4 cm³/mol. The van der Waals surface area contributed by atoms with Crippen LogP contribution in [0.15, 0.2) is 0 Å². The van der Waals surface area contributed by atoms with E-state index in [9.17, 15) is 0 Å². The van der Waals surface area contributed by atoms with Crippen LogP contribution >= 0.6 is 0 Å². The largest absolute Gasteiger partial charge is 0.303 e. The van der Waals surface area contributed by atoms with Crippen LogP contribution in [0.5, 0.6) is 0 Å². The summed E-state index contributed by atoms with van der Waals surface area (Å²) in [6.07, 6.45) is 8.40. The molecule has 2 saturated heterocycles. The zero-order chi connectivity index (χ0) is 12.1. The number of rotatable bonds is 6. The number of nitrogens with zero attached hydrogens (tertiary/aromatic N) is 2. The second-order valence-corrected chi connectivity index (χ2v) is 6.26. The van der Waals surface area contributed by atoms with E-state index >= 15 is 0 Å². The number of unbranched alkanes of at least 4 members (excludes halogenated alkanes) is 2. The van der Waals surface area contributed by atoms with Gasteiger partial charge < -0.3 is 9.80 Å². The lowest BCUT2D eigenvalue weighted by atomic mass is 9.72. The summed E-state index contributed by atoms with van der Waals surface area (Å²) in [5.41, 5.74) is 0.733. The third kappa shape index (κ3) is 3.45. The molecule has 2 rings (SSSR count). The average Bonchev–Trinajstić information content (AvgIpc) is 2.30. The van der Waals surface area contributed by atoms with Gasteiger partial charge in [-0.2, -0.15) is 0 Å². The van der Waals surface area contributed by atoms with E-state index in [1.165, 1.54) is 77.8 Å². The highest BCUT2D eigenvalue weighted by molar-refractivity contribution is 4.97. The molecule has 100 valence electrons. The van der Waals surface area contributed by atoms with E-state index in [0.29, 0.717) is 0 Å². The van der Waals surface area contributed by atoms with Gasteiger partial charge in [-0.3, -0.25) is 0 Å². The van der Waals surface area contributed by atoms with Gasteiger partial charge in [-0.05, 0) is 57.3 Å². The highest BCUT2D eigenvalue weighted by Gasteiger charge is 2.43. The summed E-state index contributed by atoms with van der Waals surface area (Å²) in [5.74, 6) is 0. The smallest absolute Gasteiger partial charge is 0.00514 e. The van der Waals surface area contributed by atoms with E-state index in [-0.39, 0.29) is 0 Å². The molecule has 0 aromatic rings. The monoisotopic (exact) mass is 238 g/mol. The Bertz CT molecular complexity index is 211. The van der Waals surface area contributed by atoms with Gasteiger partial charge in [0.05, 0.1) is 0 Å². The molecule has 0 radical (unpaired) electrons. The molecule has 0 aromatic heterocycles. The lowest BCUT2D eigenvalue weighted by molar-refractivity contribution is -0.0466. The van der Waals surface area contributed by atoms with Crippen LogP contribution in [0.4, 0.5) is 0 Å². The van der Waals surface area contributed by atoms with Crippen molar-refractivity contribution in [2.75, 3.05) is 39.3 Å². The minimum absolute atomic E-state index is 0.733. The quantitative estimate of drug-likeness (QED) is 0.656. The molecule has 0 bridgehead atoms. The van der Waals surface area contributed by atoms with Gasteiger partial charge in [0.25, 0.3) is 0 Å². The molecule has 0 aromatic carbocycles. The second kappa shape index (κ2) is 6.19. The standard InChI is InChI=1S/C15H30N2/c1-3-5-6-10-17-13-15(14-17)7-11-16(9-4-2)12-8-15/h3-14H2,1-2H3. The second-order valence-electron chi connectivity index (χ2n) is 6.26. The van der Waals surface area contributed by atoms with E-state index in [1.54, 1.807) is 0 Å². The van der Waals surface area contributed by atoms with Crippen LogP contribution in [-0.2, 0) is 0 Å². The summed E-state index contributed by atoms with van der Waals surface area (Å²) in [4.78, 5) is 5.34. The molecule has 0 aliphatic carbocycles. The van der Waals surface area contributed by atoms with Crippen LogP contribution in [0.3, 0.4) is 0 Å². The molecular formula is C15H30N2. The molecule has 0 saturated carbocycles. The van der Waals surface area contributed by atoms with Gasteiger partial charge in [0.2, 0.25) is 0 Å². The van der Waals surface area contributed by atoms with E-state index < -0.39 is 0 Å². The first-order valence-electron chi connectivity index (χ1n) is 7.73. The maximum Gasteiger partial charge on any atom is 0.00514 e. The zero-order valence-corrected chi connectivity index (χ0v) is 11.9. The maximum absolute atomic E-state index is 2.69. The maximum atomic E-state index is 2.69. The van der Waals surface area contributed by atoms with Gasteiger partial charge in [-0.1, -0.05) is 26.7 Å². The van der Waals surface area contributed by atoms with Crippen molar-refractivity contribution in [2.24, 2.45) is 5.41 Å². The fourth-order valence-electron chi connectivity index (χ4n) is 3.53. The van der Waals surface area contributed by atoms with E-state index in [4.69, 9.17) is 0 Å². The summed E-state index contributed by atoms with van der Waals surface area (Å²) in [6, 6.07) is 0. The number of hydrogen-bond acceptors (Lipinski definition) is 2. The van der Waals surface area contributed by atoms with Crippen molar-refractivity contribution in [1.29, 1.82) is 0 Å². The molecule has 17 heavy (non-hydrogen) atoms. The lowest BCUT2D eigenvalue weighted by Gasteiger charge is -2.54. The van der Waals surface area contributed by atoms with Crippen molar-refractivity contribution in [3.05, 3.63) is 0 Å². The molecule has 2 nitrogen and oxygen atoms in total. The topological polar surface area (TPSA) is 6.48 Å². The molecule has 2 aliphatic rings. The van der Waals surface area contributed by atoms with Crippen molar-refractivity contribution in [3.8, 4) is 0 Å². The van der Waals surface area contributed by atoms with Crippen molar-refractivity contribution >= 4 is 0 Å². The molecule has 2 aliphatic heterocycles. The Morgan fingerprint density at radius 1 is 0.824 bits per heavy atom. The van der Waals surface area contributed by atoms with E-state index in [2.05, 4.69) is 23.6 Å². The first-order valence-corrected chi connectivity index (χ1v) is 7.73. The lowest BCUT2D eigenvalue weighted by Crippen LogP contribution is -2.60. The van der Waals surface area contributed by atoms with Crippen LogP contribution in [-0.4, -0.2) is 49.1 Å². The Morgan fingerprint density at radius 3 is 2.12 bits per heavy atom. The van der Waals surface area contributed by atoms with Gasteiger partial charge in [0.15, 0.2) is 0 Å². The molecule has 0 N–H and O–H groups in total. The average molecular weight is 238 g/mol. The molecule has 0 atom stereocenters. The Balaban J connectivity index is 1.62. The molecule has 2 heteroatoms. The summed E-state index contributed by atoms with van der Waals surface area (Å²) >= 11 is 0. The van der Waals surface area contributed by atoms with Crippen LogP contribution < -0.4 is 0 Å². The van der Waals surface area contributed by atoms with E-state index in [0.717, 1.165) is 5.41 Å². The predicted octanol–water partition coefficient (Wildman–Crippen LogP) is 2.98. The SMILES string of the molecule is CCCCCN1CC2(CCN(CCC)CC2)C1. The third-order valence-electron chi connectivity index (χ3n) is 4.65. The molecule has 0 amide bonds. The van der Waals surface area contributed by atoms with Gasteiger partial charge in [0, 0.05) is 13.1 Å². The van der Waals surface area contributed by atoms with Crippen molar-refractivity contribution in [1.82, 2.24) is 9.80 Å². The third-order valence-corrected chi connectivity index (χ3v) is 4.65. The Labute approximate surface area is 107 Å². The fraction of sp³-hybridized carbons (Fsp3) is 1.00. The minimum Gasteiger partial charge on any atom is -0.303 e. The summed E-state index contributed by atoms with van der Waals surface area (Å²) in [6.45, 7) is 12.8. The number of piperidine rings is 1. The van der Waals surface area contributed by atoms with Crippen LogP contribution in [0.1, 0.15) is 52.4 Å². The molecule has 1 spiro atoms. The number of hydrogen-bond donors (Lipinski definition) is 0. The zero-order valence-electron chi connectivity index (χ0n) is 11.9. The van der Waals surface area contributed by atoms with Gasteiger partial charge >= 0.3 is 0 Å². The Hall–Kier alpha value is -0.0800. The van der Waals surface area contributed by atoms with Crippen molar-refractivity contribution in [3.63, 3.8) is 0 Å². The van der Waals surface area contributed by atoms with Crippen LogP contribution in [0.2, 0.25) is 0 Å². The van der Waals surface area contributed by atoms with Crippen LogP contribution in [0, 0.1) is 5.41 Å². The normalized spacial score (nSPS) is 25.1. The molecule has 2 heterocycles. The number of likely N-dealkylation sites (tertiary alicyclic amines) is 2. The van der Waals surface area contributed by atoms with E-state index in [1.807, 2.05) is 0 Å². The molecule has 0 unspecified atom stereocenters. The summed E-state index contributed by atoms with van der Waals surface area (Å²) in [7, 11) is 0. The Morgan fingerprint density at radius 2 is 1.53 bits per heavy atom. The van der Waals surface area contributed by atoms with Crippen molar-refractivity contribution < 1.29 is 0 Å². The summed E-state index contributed by atoms with van der Waals surface area (Å²) < 4.78 is 0.